The highest BCUT2D eigenvalue weighted by atomic mass is 35.5. The van der Waals surface area contributed by atoms with E-state index in [1.165, 1.54) is 6.20 Å². The van der Waals surface area contributed by atoms with Crippen LogP contribution in [0.4, 0.5) is 0 Å². The number of piperidine rings is 1. The molecule has 1 amide bonds. The number of nitrogens with zero attached hydrogens (tertiary/aromatic N) is 1. The Bertz CT molecular complexity index is 1190. The minimum Gasteiger partial charge on any atom is -0.490 e. The zero-order chi connectivity index (χ0) is 23.4. The van der Waals surface area contributed by atoms with Crippen LogP contribution in [-0.4, -0.2) is 59.3 Å². The van der Waals surface area contributed by atoms with Gasteiger partial charge in [0.2, 0.25) is 0 Å². The van der Waals surface area contributed by atoms with Crippen molar-refractivity contribution in [2.45, 2.75) is 32.0 Å². The number of β-amino-alcohol motifs (C(OH)–C–C–N with tert-alkyl or cyclic N) is 1. The molecule has 1 saturated heterocycles. The van der Waals surface area contributed by atoms with E-state index >= 15 is 0 Å². The first-order chi connectivity index (χ1) is 15.9. The molecule has 0 unspecified atom stereocenters. The second-order valence-electron chi connectivity index (χ2n) is 8.47. The van der Waals surface area contributed by atoms with Gasteiger partial charge in [0.25, 0.3) is 11.5 Å². The minimum atomic E-state index is -0.698. The SMILES string of the molecule is Cc1ccc(OC2CCN(C[C@H](O)CNC(=O)c3c[nH]c(=O)c4ccccc34)CC2)cc1Cl. The maximum Gasteiger partial charge on any atom is 0.255 e. The summed E-state index contributed by atoms with van der Waals surface area (Å²) in [4.78, 5) is 29.4. The van der Waals surface area contributed by atoms with E-state index in [-0.39, 0.29) is 24.1 Å². The Balaban J connectivity index is 1.24. The molecule has 3 aromatic rings. The van der Waals surface area contributed by atoms with Crippen LogP contribution in [0.15, 0.2) is 53.5 Å². The Kier molecular flexibility index (Phi) is 7.33. The van der Waals surface area contributed by atoms with Crippen LogP contribution >= 0.6 is 11.6 Å². The second-order valence-corrected chi connectivity index (χ2v) is 8.88. The number of ether oxygens (including phenoxy) is 1. The number of H-pyrrole nitrogens is 1. The number of aromatic nitrogens is 1. The van der Waals surface area contributed by atoms with Gasteiger partial charge >= 0.3 is 0 Å². The average Bonchev–Trinajstić information content (AvgIpc) is 2.82. The summed E-state index contributed by atoms with van der Waals surface area (Å²) in [5.74, 6) is 0.451. The number of aliphatic hydroxyl groups excluding tert-OH is 1. The lowest BCUT2D eigenvalue weighted by molar-refractivity contribution is 0.0594. The fraction of sp³-hybridized carbons (Fsp3) is 0.360. The van der Waals surface area contributed by atoms with E-state index < -0.39 is 6.10 Å². The van der Waals surface area contributed by atoms with Crippen molar-refractivity contribution >= 4 is 28.3 Å². The molecule has 1 atom stereocenters. The highest BCUT2D eigenvalue weighted by molar-refractivity contribution is 6.31. The monoisotopic (exact) mass is 469 g/mol. The first-order valence-corrected chi connectivity index (χ1v) is 11.5. The van der Waals surface area contributed by atoms with Gasteiger partial charge in [0.1, 0.15) is 11.9 Å². The van der Waals surface area contributed by atoms with Gasteiger partial charge in [0, 0.05) is 48.2 Å². The molecule has 7 nitrogen and oxygen atoms in total. The number of hydrogen-bond acceptors (Lipinski definition) is 5. The number of likely N-dealkylation sites (tertiary alicyclic amines) is 1. The molecule has 8 heteroatoms. The fourth-order valence-electron chi connectivity index (χ4n) is 4.11. The van der Waals surface area contributed by atoms with Crippen LogP contribution in [0.3, 0.4) is 0 Å². The molecule has 4 rings (SSSR count). The topological polar surface area (TPSA) is 94.7 Å². The van der Waals surface area contributed by atoms with Crippen LogP contribution < -0.4 is 15.6 Å². The summed E-state index contributed by atoms with van der Waals surface area (Å²) in [6.07, 6.45) is 2.54. The summed E-state index contributed by atoms with van der Waals surface area (Å²) < 4.78 is 6.06. The molecular formula is C25H28ClN3O4. The molecule has 1 aliphatic heterocycles. The van der Waals surface area contributed by atoms with Crippen molar-refractivity contribution in [3.63, 3.8) is 0 Å². The fourth-order valence-corrected chi connectivity index (χ4v) is 4.28. The number of aliphatic hydroxyl groups is 1. The lowest BCUT2D eigenvalue weighted by Gasteiger charge is -2.33. The van der Waals surface area contributed by atoms with Crippen molar-refractivity contribution in [3.05, 3.63) is 75.2 Å². The maximum atomic E-state index is 12.6. The van der Waals surface area contributed by atoms with E-state index in [1.54, 1.807) is 24.3 Å². The molecule has 2 aromatic carbocycles. The van der Waals surface area contributed by atoms with Crippen LogP contribution in [0.1, 0.15) is 28.8 Å². The number of aryl methyl sites for hydroxylation is 1. The number of carbonyl (C=O) groups is 1. The van der Waals surface area contributed by atoms with Gasteiger partial charge in [-0.05, 0) is 43.5 Å². The largest absolute Gasteiger partial charge is 0.490 e. The van der Waals surface area contributed by atoms with Crippen LogP contribution in [0.25, 0.3) is 10.8 Å². The number of benzene rings is 2. The predicted molar refractivity (Wildman–Crippen MR) is 129 cm³/mol. The van der Waals surface area contributed by atoms with E-state index in [4.69, 9.17) is 16.3 Å². The Labute approximate surface area is 197 Å². The van der Waals surface area contributed by atoms with Crippen molar-refractivity contribution in [2.24, 2.45) is 0 Å². The number of hydrogen-bond donors (Lipinski definition) is 3. The third kappa shape index (κ3) is 5.74. The molecule has 0 saturated carbocycles. The third-order valence-electron chi connectivity index (χ3n) is 6.00. The maximum absolute atomic E-state index is 12.6. The van der Waals surface area contributed by atoms with Crippen molar-refractivity contribution in [3.8, 4) is 5.75 Å². The van der Waals surface area contributed by atoms with Crippen LogP contribution in [-0.2, 0) is 0 Å². The summed E-state index contributed by atoms with van der Waals surface area (Å²) in [5, 5.41) is 15.0. The third-order valence-corrected chi connectivity index (χ3v) is 6.41. The van der Waals surface area contributed by atoms with E-state index in [9.17, 15) is 14.7 Å². The molecule has 0 aliphatic carbocycles. The number of rotatable bonds is 7. The summed E-state index contributed by atoms with van der Waals surface area (Å²) in [5.41, 5.74) is 1.17. The minimum absolute atomic E-state index is 0.116. The summed E-state index contributed by atoms with van der Waals surface area (Å²) in [6, 6.07) is 12.7. The zero-order valence-corrected chi connectivity index (χ0v) is 19.3. The summed E-state index contributed by atoms with van der Waals surface area (Å²) in [7, 11) is 0. The first-order valence-electron chi connectivity index (χ1n) is 11.1. The summed E-state index contributed by atoms with van der Waals surface area (Å²) in [6.45, 7) is 4.17. The van der Waals surface area contributed by atoms with Gasteiger partial charge in [0.05, 0.1) is 11.7 Å². The van der Waals surface area contributed by atoms with Gasteiger partial charge in [-0.2, -0.15) is 0 Å². The molecule has 3 N–H and O–H groups in total. The Morgan fingerprint density at radius 2 is 1.97 bits per heavy atom. The van der Waals surface area contributed by atoms with Gasteiger partial charge < -0.3 is 25.0 Å². The highest BCUT2D eigenvalue weighted by Gasteiger charge is 2.23. The van der Waals surface area contributed by atoms with Crippen LogP contribution in [0, 0.1) is 6.92 Å². The van der Waals surface area contributed by atoms with Crippen LogP contribution in [0.2, 0.25) is 5.02 Å². The van der Waals surface area contributed by atoms with Crippen molar-refractivity contribution in [2.75, 3.05) is 26.2 Å². The molecule has 1 aromatic heterocycles. The zero-order valence-electron chi connectivity index (χ0n) is 18.5. The number of aromatic amines is 1. The van der Waals surface area contributed by atoms with Crippen molar-refractivity contribution in [1.29, 1.82) is 0 Å². The highest BCUT2D eigenvalue weighted by Crippen LogP contribution is 2.25. The lowest BCUT2D eigenvalue weighted by atomic mass is 10.1. The predicted octanol–water partition coefficient (Wildman–Crippen LogP) is 3.12. The number of nitrogens with one attached hydrogen (secondary N) is 2. The Morgan fingerprint density at radius 1 is 1.24 bits per heavy atom. The van der Waals surface area contributed by atoms with E-state index in [1.807, 2.05) is 25.1 Å². The normalized spacial score (nSPS) is 16.0. The van der Waals surface area contributed by atoms with Crippen molar-refractivity contribution in [1.82, 2.24) is 15.2 Å². The second kappa shape index (κ2) is 10.4. The number of pyridine rings is 1. The molecule has 0 spiro atoms. The number of halogens is 1. The van der Waals surface area contributed by atoms with Crippen molar-refractivity contribution < 1.29 is 14.6 Å². The molecule has 0 radical (unpaired) electrons. The van der Waals surface area contributed by atoms with Gasteiger partial charge in [-0.3, -0.25) is 9.59 Å². The molecule has 2 heterocycles. The van der Waals surface area contributed by atoms with Gasteiger partial charge in [0.15, 0.2) is 0 Å². The van der Waals surface area contributed by atoms with E-state index in [2.05, 4.69) is 15.2 Å². The Hall–Kier alpha value is -2.87. The molecule has 1 aliphatic rings. The average molecular weight is 470 g/mol. The number of fused-ring (bicyclic) bond motifs is 1. The molecule has 33 heavy (non-hydrogen) atoms. The standard InChI is InChI=1S/C25H28ClN3O4/c1-16-6-7-19(12-23(16)26)33-18-8-10-29(11-9-18)15-17(30)13-27-25(32)22-14-28-24(31)21-5-3-2-4-20(21)22/h2-7,12,14,17-18,30H,8-11,13,15H2,1H3,(H,27,32)(H,28,31)/t17-/m1/s1. The number of carbonyl (C=O) groups excluding carboxylic acids is 1. The smallest absolute Gasteiger partial charge is 0.255 e. The molecule has 174 valence electrons. The summed E-state index contributed by atoms with van der Waals surface area (Å²) >= 11 is 6.18. The Morgan fingerprint density at radius 3 is 2.70 bits per heavy atom. The van der Waals surface area contributed by atoms with Gasteiger partial charge in [-0.15, -0.1) is 0 Å². The van der Waals surface area contributed by atoms with E-state index in [0.717, 1.165) is 37.2 Å². The quantitative estimate of drug-likeness (QED) is 0.494. The lowest BCUT2D eigenvalue weighted by Crippen LogP contribution is -2.45. The van der Waals surface area contributed by atoms with Gasteiger partial charge in [-0.25, -0.2) is 0 Å². The van der Waals surface area contributed by atoms with Crippen LogP contribution in [0.5, 0.6) is 5.75 Å². The van der Waals surface area contributed by atoms with E-state index in [0.29, 0.717) is 27.9 Å². The first kappa shape index (κ1) is 23.3. The molecular weight excluding hydrogens is 442 g/mol. The molecule has 1 fully saturated rings. The molecule has 0 bridgehead atoms. The van der Waals surface area contributed by atoms with Gasteiger partial charge in [-0.1, -0.05) is 35.9 Å². The number of amides is 1.